The fraction of sp³-hybridized carbons (Fsp3) is 1.00. The van der Waals surface area contributed by atoms with Crippen LogP contribution in [0.25, 0.3) is 0 Å². The molecule has 0 amide bonds. The largest absolute Gasteiger partial charge is 0.328 e. The SMILES string of the molecule is CCCCC(C)(C1CCC(N)CC1)C1CCC(N)CC1. The molecule has 0 aromatic heterocycles. The molecular formula is C18H36N2. The molecule has 118 valence electrons. The molecule has 2 aliphatic rings. The second-order valence-electron chi connectivity index (χ2n) is 7.83. The van der Waals surface area contributed by atoms with Crippen LogP contribution in [0.4, 0.5) is 0 Å². The summed E-state index contributed by atoms with van der Waals surface area (Å²) in [5.41, 5.74) is 12.8. The zero-order valence-electron chi connectivity index (χ0n) is 13.7. The Bertz CT molecular complexity index is 251. The van der Waals surface area contributed by atoms with Gasteiger partial charge in [0.25, 0.3) is 0 Å². The third-order valence-electron chi connectivity index (χ3n) is 6.48. The second kappa shape index (κ2) is 7.26. The summed E-state index contributed by atoms with van der Waals surface area (Å²) in [6.45, 7) is 4.93. The lowest BCUT2D eigenvalue weighted by atomic mass is 9.57. The minimum atomic E-state index is 0.474. The quantitative estimate of drug-likeness (QED) is 0.792. The van der Waals surface area contributed by atoms with E-state index in [1.54, 1.807) is 0 Å². The van der Waals surface area contributed by atoms with Gasteiger partial charge in [0.1, 0.15) is 0 Å². The first-order valence-electron chi connectivity index (χ1n) is 9.07. The Kier molecular flexibility index (Phi) is 5.92. The summed E-state index contributed by atoms with van der Waals surface area (Å²) >= 11 is 0. The molecule has 2 rings (SSSR count). The van der Waals surface area contributed by atoms with Crippen molar-refractivity contribution in [2.24, 2.45) is 28.7 Å². The maximum Gasteiger partial charge on any atom is 0.00390 e. The number of hydrogen-bond acceptors (Lipinski definition) is 2. The molecule has 0 bridgehead atoms. The minimum absolute atomic E-state index is 0.474. The highest BCUT2D eigenvalue weighted by molar-refractivity contribution is 4.94. The van der Waals surface area contributed by atoms with Crippen LogP contribution >= 0.6 is 0 Å². The summed E-state index contributed by atoms with van der Waals surface area (Å²) in [5, 5.41) is 0. The van der Waals surface area contributed by atoms with Gasteiger partial charge in [-0.1, -0.05) is 26.7 Å². The van der Waals surface area contributed by atoms with Crippen LogP contribution in [-0.2, 0) is 0 Å². The van der Waals surface area contributed by atoms with Crippen LogP contribution in [0.15, 0.2) is 0 Å². The van der Waals surface area contributed by atoms with Crippen LogP contribution in [0.5, 0.6) is 0 Å². The first kappa shape index (κ1) is 16.3. The summed E-state index contributed by atoms with van der Waals surface area (Å²) in [6.07, 6.45) is 14.6. The van der Waals surface area contributed by atoms with Crippen LogP contribution < -0.4 is 11.5 Å². The summed E-state index contributed by atoms with van der Waals surface area (Å²) in [5.74, 6) is 1.82. The van der Waals surface area contributed by atoms with Gasteiger partial charge in [0.05, 0.1) is 0 Å². The molecule has 2 nitrogen and oxygen atoms in total. The molecule has 0 aliphatic heterocycles. The number of rotatable bonds is 5. The minimum Gasteiger partial charge on any atom is -0.328 e. The van der Waals surface area contributed by atoms with Crippen molar-refractivity contribution in [1.29, 1.82) is 0 Å². The van der Waals surface area contributed by atoms with Gasteiger partial charge >= 0.3 is 0 Å². The number of unbranched alkanes of at least 4 members (excludes halogenated alkanes) is 1. The highest BCUT2D eigenvalue weighted by Gasteiger charge is 2.42. The van der Waals surface area contributed by atoms with E-state index in [-0.39, 0.29) is 0 Å². The lowest BCUT2D eigenvalue weighted by Gasteiger charge is -2.48. The number of nitrogens with two attached hydrogens (primary N) is 2. The van der Waals surface area contributed by atoms with E-state index in [2.05, 4.69) is 13.8 Å². The van der Waals surface area contributed by atoms with Gasteiger partial charge in [-0.25, -0.2) is 0 Å². The third-order valence-corrected chi connectivity index (χ3v) is 6.48. The maximum absolute atomic E-state index is 6.12. The van der Waals surface area contributed by atoms with Crippen molar-refractivity contribution in [3.63, 3.8) is 0 Å². The first-order chi connectivity index (χ1) is 9.56. The van der Waals surface area contributed by atoms with Crippen LogP contribution in [-0.4, -0.2) is 12.1 Å². The molecule has 0 saturated heterocycles. The molecule has 0 unspecified atom stereocenters. The van der Waals surface area contributed by atoms with E-state index in [0.717, 1.165) is 11.8 Å². The second-order valence-corrected chi connectivity index (χ2v) is 7.83. The van der Waals surface area contributed by atoms with Crippen molar-refractivity contribution < 1.29 is 0 Å². The van der Waals surface area contributed by atoms with E-state index in [1.165, 1.54) is 70.6 Å². The molecule has 0 spiro atoms. The van der Waals surface area contributed by atoms with Crippen molar-refractivity contribution in [1.82, 2.24) is 0 Å². The predicted molar refractivity (Wildman–Crippen MR) is 87.5 cm³/mol. The van der Waals surface area contributed by atoms with Crippen LogP contribution in [0, 0.1) is 17.3 Å². The van der Waals surface area contributed by atoms with E-state index >= 15 is 0 Å². The molecule has 4 N–H and O–H groups in total. The Labute approximate surface area is 126 Å². The monoisotopic (exact) mass is 280 g/mol. The Morgan fingerprint density at radius 2 is 1.20 bits per heavy atom. The van der Waals surface area contributed by atoms with Gasteiger partial charge < -0.3 is 11.5 Å². The van der Waals surface area contributed by atoms with Gasteiger partial charge in [0.2, 0.25) is 0 Å². The third kappa shape index (κ3) is 3.76. The fourth-order valence-corrected chi connectivity index (χ4v) is 4.86. The maximum atomic E-state index is 6.12. The molecule has 2 fully saturated rings. The lowest BCUT2D eigenvalue weighted by Crippen LogP contribution is -2.42. The van der Waals surface area contributed by atoms with Crippen molar-refractivity contribution in [2.75, 3.05) is 0 Å². The molecule has 2 heteroatoms. The zero-order valence-corrected chi connectivity index (χ0v) is 13.7. The topological polar surface area (TPSA) is 52.0 Å². The molecule has 0 radical (unpaired) electrons. The average Bonchev–Trinajstić information content (AvgIpc) is 2.46. The van der Waals surface area contributed by atoms with Crippen molar-refractivity contribution in [3.8, 4) is 0 Å². The molecule has 0 aromatic rings. The van der Waals surface area contributed by atoms with Crippen molar-refractivity contribution in [3.05, 3.63) is 0 Å². The van der Waals surface area contributed by atoms with Gasteiger partial charge in [0, 0.05) is 12.1 Å². The Morgan fingerprint density at radius 3 is 1.55 bits per heavy atom. The summed E-state index contributed by atoms with van der Waals surface area (Å²) in [4.78, 5) is 0. The summed E-state index contributed by atoms with van der Waals surface area (Å²) in [6, 6.07) is 0.947. The summed E-state index contributed by atoms with van der Waals surface area (Å²) < 4.78 is 0. The molecule has 2 aliphatic carbocycles. The van der Waals surface area contributed by atoms with E-state index in [4.69, 9.17) is 11.5 Å². The Morgan fingerprint density at radius 1 is 0.800 bits per heavy atom. The van der Waals surface area contributed by atoms with Gasteiger partial charge in [-0.2, -0.15) is 0 Å². The predicted octanol–water partition coefficient (Wildman–Crippen LogP) is 4.22. The molecular weight excluding hydrogens is 244 g/mol. The molecule has 0 aromatic carbocycles. The first-order valence-corrected chi connectivity index (χ1v) is 9.07. The smallest absolute Gasteiger partial charge is 0.00390 e. The van der Waals surface area contributed by atoms with Crippen molar-refractivity contribution in [2.45, 2.75) is 96.6 Å². The van der Waals surface area contributed by atoms with E-state index in [0.29, 0.717) is 17.5 Å². The van der Waals surface area contributed by atoms with E-state index < -0.39 is 0 Å². The van der Waals surface area contributed by atoms with Gasteiger partial charge in [0.15, 0.2) is 0 Å². The standard InChI is InChI=1S/C18H36N2/c1-3-4-13-18(2,14-5-9-16(19)10-6-14)15-7-11-17(20)12-8-15/h14-17H,3-13,19-20H2,1-2H3. The Balaban J connectivity index is 2.03. The molecule has 2 saturated carbocycles. The van der Waals surface area contributed by atoms with Gasteiger partial charge in [-0.05, 0) is 75.0 Å². The van der Waals surface area contributed by atoms with Crippen LogP contribution in [0.1, 0.15) is 84.5 Å². The van der Waals surface area contributed by atoms with Crippen molar-refractivity contribution >= 4 is 0 Å². The highest BCUT2D eigenvalue weighted by atomic mass is 14.7. The fourth-order valence-electron chi connectivity index (χ4n) is 4.86. The Hall–Kier alpha value is -0.0800. The zero-order chi connectivity index (χ0) is 14.6. The number of hydrogen-bond donors (Lipinski definition) is 2. The van der Waals surface area contributed by atoms with Crippen LogP contribution in [0.3, 0.4) is 0 Å². The molecule has 0 heterocycles. The molecule has 20 heavy (non-hydrogen) atoms. The highest BCUT2D eigenvalue weighted by Crippen LogP contribution is 2.51. The normalized spacial score (nSPS) is 38.4. The van der Waals surface area contributed by atoms with Crippen LogP contribution in [0.2, 0.25) is 0 Å². The summed E-state index contributed by atoms with van der Waals surface area (Å²) in [7, 11) is 0. The van der Waals surface area contributed by atoms with E-state index in [1.807, 2.05) is 0 Å². The van der Waals surface area contributed by atoms with E-state index in [9.17, 15) is 0 Å². The van der Waals surface area contributed by atoms with Gasteiger partial charge in [-0.15, -0.1) is 0 Å². The molecule has 0 atom stereocenters. The lowest BCUT2D eigenvalue weighted by molar-refractivity contribution is 0.0242. The van der Waals surface area contributed by atoms with Gasteiger partial charge in [-0.3, -0.25) is 0 Å². The average molecular weight is 280 g/mol.